The van der Waals surface area contributed by atoms with E-state index in [1.807, 2.05) is 38.0 Å². The largest absolute Gasteiger partial charge is 0.380 e. The fourth-order valence-electron chi connectivity index (χ4n) is 0.875. The normalized spacial score (nSPS) is 12.0. The van der Waals surface area contributed by atoms with Crippen LogP contribution in [0.4, 0.5) is 0 Å². The molecule has 0 rings (SSSR count). The van der Waals surface area contributed by atoms with E-state index in [2.05, 4.69) is 0 Å². The molecule has 0 bridgehead atoms. The molecule has 0 radical (unpaired) electrons. The van der Waals surface area contributed by atoms with Gasteiger partial charge in [0.1, 0.15) is 0 Å². The minimum absolute atomic E-state index is 0.0977. The van der Waals surface area contributed by atoms with E-state index in [4.69, 9.17) is 0 Å². The number of hydrogen-bond acceptors (Lipinski definition) is 3. The Morgan fingerprint density at radius 1 is 1.25 bits per heavy atom. The van der Waals surface area contributed by atoms with Crippen LogP contribution in [0.1, 0.15) is 6.92 Å². The molecule has 0 aromatic rings. The molecule has 0 heterocycles. The summed E-state index contributed by atoms with van der Waals surface area (Å²) in [6.45, 7) is 2.37. The standard InChI is InChI=1S/C9H18N2O/c1-8(12)6-9(11(4)5)7-10(2)3/h6H,7H2,1-5H3/b9-6-. The van der Waals surface area contributed by atoms with E-state index in [9.17, 15) is 4.79 Å². The van der Waals surface area contributed by atoms with Crippen LogP contribution in [0.2, 0.25) is 0 Å². The van der Waals surface area contributed by atoms with Crippen molar-refractivity contribution in [1.29, 1.82) is 0 Å². The lowest BCUT2D eigenvalue weighted by Gasteiger charge is -2.20. The average molecular weight is 170 g/mol. The van der Waals surface area contributed by atoms with Crippen molar-refractivity contribution in [3.63, 3.8) is 0 Å². The van der Waals surface area contributed by atoms with E-state index in [-0.39, 0.29) is 5.78 Å². The van der Waals surface area contributed by atoms with Gasteiger partial charge in [0.2, 0.25) is 0 Å². The van der Waals surface area contributed by atoms with Crippen LogP contribution in [0.3, 0.4) is 0 Å². The first-order chi connectivity index (χ1) is 5.43. The van der Waals surface area contributed by atoms with Crippen molar-refractivity contribution in [1.82, 2.24) is 9.80 Å². The molecule has 0 amide bonds. The van der Waals surface area contributed by atoms with Gasteiger partial charge in [0.05, 0.1) is 0 Å². The third-order valence-electron chi connectivity index (χ3n) is 1.42. The zero-order chi connectivity index (χ0) is 9.72. The lowest BCUT2D eigenvalue weighted by Crippen LogP contribution is -2.24. The van der Waals surface area contributed by atoms with Crippen LogP contribution in [-0.2, 0) is 4.79 Å². The molecule has 0 aliphatic heterocycles. The van der Waals surface area contributed by atoms with E-state index in [0.717, 1.165) is 12.2 Å². The Labute approximate surface area is 74.7 Å². The molecule has 0 fully saturated rings. The number of hydrogen-bond donors (Lipinski definition) is 0. The maximum absolute atomic E-state index is 10.8. The number of nitrogens with zero attached hydrogens (tertiary/aromatic N) is 2. The van der Waals surface area contributed by atoms with Crippen molar-refractivity contribution in [3.8, 4) is 0 Å². The minimum atomic E-state index is 0.0977. The van der Waals surface area contributed by atoms with E-state index >= 15 is 0 Å². The highest BCUT2D eigenvalue weighted by molar-refractivity contribution is 5.87. The highest BCUT2D eigenvalue weighted by atomic mass is 16.1. The van der Waals surface area contributed by atoms with Gasteiger partial charge >= 0.3 is 0 Å². The Balaban J connectivity index is 4.33. The topological polar surface area (TPSA) is 23.6 Å². The Hall–Kier alpha value is -0.830. The van der Waals surface area contributed by atoms with Crippen LogP contribution in [0.5, 0.6) is 0 Å². The molecule has 0 unspecified atom stereocenters. The zero-order valence-electron chi connectivity index (χ0n) is 8.59. The van der Waals surface area contributed by atoms with E-state index in [1.165, 1.54) is 0 Å². The summed E-state index contributed by atoms with van der Waals surface area (Å²) in [5.41, 5.74) is 1.03. The second-order valence-electron chi connectivity index (χ2n) is 3.38. The van der Waals surface area contributed by atoms with Crippen molar-refractivity contribution in [2.45, 2.75) is 6.92 Å². The van der Waals surface area contributed by atoms with Crippen LogP contribution in [-0.4, -0.2) is 50.3 Å². The van der Waals surface area contributed by atoms with Gasteiger partial charge in [-0.1, -0.05) is 0 Å². The monoisotopic (exact) mass is 170 g/mol. The van der Waals surface area contributed by atoms with Crippen molar-refractivity contribution in [2.24, 2.45) is 0 Å². The molecule has 3 heteroatoms. The molecule has 0 N–H and O–H groups in total. The fourth-order valence-corrected chi connectivity index (χ4v) is 0.875. The Bertz CT molecular complexity index is 183. The second kappa shape index (κ2) is 4.93. The van der Waals surface area contributed by atoms with E-state index in [0.29, 0.717) is 0 Å². The van der Waals surface area contributed by atoms with Crippen molar-refractivity contribution < 1.29 is 4.79 Å². The van der Waals surface area contributed by atoms with Crippen LogP contribution in [0.25, 0.3) is 0 Å². The van der Waals surface area contributed by atoms with Gasteiger partial charge in [0.15, 0.2) is 5.78 Å². The maximum atomic E-state index is 10.8. The summed E-state index contributed by atoms with van der Waals surface area (Å²) in [6, 6.07) is 0. The van der Waals surface area contributed by atoms with Crippen LogP contribution in [0, 0.1) is 0 Å². The summed E-state index contributed by atoms with van der Waals surface area (Å²) >= 11 is 0. The predicted molar refractivity (Wildman–Crippen MR) is 51.0 cm³/mol. The van der Waals surface area contributed by atoms with E-state index < -0.39 is 0 Å². The SMILES string of the molecule is CC(=O)/C=C(/CN(C)C)N(C)C. The molecule has 3 nitrogen and oxygen atoms in total. The van der Waals surface area contributed by atoms with Gasteiger partial charge < -0.3 is 9.80 Å². The fraction of sp³-hybridized carbons (Fsp3) is 0.667. The van der Waals surface area contributed by atoms with Gasteiger partial charge in [0.25, 0.3) is 0 Å². The molecule has 0 atom stereocenters. The quantitative estimate of drug-likeness (QED) is 0.577. The summed E-state index contributed by atoms with van der Waals surface area (Å²) < 4.78 is 0. The number of ketones is 1. The molecule has 12 heavy (non-hydrogen) atoms. The van der Waals surface area contributed by atoms with Crippen molar-refractivity contribution in [3.05, 3.63) is 11.8 Å². The molecule has 0 aromatic heterocycles. The van der Waals surface area contributed by atoms with Crippen molar-refractivity contribution >= 4 is 5.78 Å². The molecular formula is C9H18N2O. The molecule has 0 saturated heterocycles. The highest BCUT2D eigenvalue weighted by Crippen LogP contribution is 1.99. The second-order valence-corrected chi connectivity index (χ2v) is 3.38. The lowest BCUT2D eigenvalue weighted by molar-refractivity contribution is -0.112. The molecular weight excluding hydrogens is 152 g/mol. The molecule has 0 aliphatic carbocycles. The molecule has 70 valence electrons. The molecule has 0 aromatic carbocycles. The first-order valence-corrected chi connectivity index (χ1v) is 3.96. The number of allylic oxidation sites excluding steroid dienone is 1. The summed E-state index contributed by atoms with van der Waals surface area (Å²) in [4.78, 5) is 14.8. The minimum Gasteiger partial charge on any atom is -0.380 e. The van der Waals surface area contributed by atoms with Gasteiger partial charge in [-0.15, -0.1) is 0 Å². The van der Waals surface area contributed by atoms with Gasteiger partial charge in [0, 0.05) is 32.4 Å². The van der Waals surface area contributed by atoms with Crippen molar-refractivity contribution in [2.75, 3.05) is 34.7 Å². The lowest BCUT2D eigenvalue weighted by atomic mass is 10.3. The van der Waals surface area contributed by atoms with Gasteiger partial charge in [-0.3, -0.25) is 4.79 Å². The van der Waals surface area contributed by atoms with Crippen LogP contribution in [0.15, 0.2) is 11.8 Å². The zero-order valence-corrected chi connectivity index (χ0v) is 8.59. The van der Waals surface area contributed by atoms with Gasteiger partial charge in [-0.25, -0.2) is 0 Å². The predicted octanol–water partition coefficient (Wildman–Crippen LogP) is 0.583. The maximum Gasteiger partial charge on any atom is 0.154 e. The first kappa shape index (κ1) is 11.2. The molecule has 0 saturated carbocycles. The third-order valence-corrected chi connectivity index (χ3v) is 1.42. The number of carbonyl (C=O) groups is 1. The number of likely N-dealkylation sites (N-methyl/N-ethyl adjacent to an activating group) is 2. The van der Waals surface area contributed by atoms with Crippen LogP contribution >= 0.6 is 0 Å². The smallest absolute Gasteiger partial charge is 0.154 e. The van der Waals surface area contributed by atoms with E-state index in [1.54, 1.807) is 13.0 Å². The Morgan fingerprint density at radius 3 is 2.00 bits per heavy atom. The highest BCUT2D eigenvalue weighted by Gasteiger charge is 2.02. The third kappa shape index (κ3) is 4.91. The van der Waals surface area contributed by atoms with Crippen LogP contribution < -0.4 is 0 Å². The summed E-state index contributed by atoms with van der Waals surface area (Å²) in [6.07, 6.45) is 1.67. The Morgan fingerprint density at radius 2 is 1.75 bits per heavy atom. The molecule has 0 aliphatic rings. The summed E-state index contributed by atoms with van der Waals surface area (Å²) in [5, 5.41) is 0. The number of rotatable bonds is 4. The summed E-state index contributed by atoms with van der Waals surface area (Å²) in [5.74, 6) is 0.0977. The molecule has 0 spiro atoms. The first-order valence-electron chi connectivity index (χ1n) is 3.96. The Kier molecular flexibility index (Phi) is 4.59. The average Bonchev–Trinajstić information content (AvgIpc) is 1.83. The van der Waals surface area contributed by atoms with Gasteiger partial charge in [-0.2, -0.15) is 0 Å². The van der Waals surface area contributed by atoms with Gasteiger partial charge in [-0.05, 0) is 21.0 Å². The number of carbonyl (C=O) groups excluding carboxylic acids is 1. The summed E-state index contributed by atoms with van der Waals surface area (Å²) in [7, 11) is 7.85.